The Kier molecular flexibility index (Phi) is 8.02. The molecule has 3 amide bonds. The van der Waals surface area contributed by atoms with Crippen molar-refractivity contribution in [1.29, 1.82) is 0 Å². The van der Waals surface area contributed by atoms with Gasteiger partial charge < -0.3 is 20.7 Å². The Morgan fingerprint density at radius 2 is 1.76 bits per heavy atom. The van der Waals surface area contributed by atoms with E-state index in [9.17, 15) is 19.2 Å². The maximum Gasteiger partial charge on any atom is 0.270 e. The van der Waals surface area contributed by atoms with E-state index in [1.165, 1.54) is 25.4 Å². The van der Waals surface area contributed by atoms with Crippen molar-refractivity contribution in [2.45, 2.75) is 31.8 Å². The summed E-state index contributed by atoms with van der Waals surface area (Å²) in [5.41, 5.74) is 1.36. The van der Waals surface area contributed by atoms with Crippen LogP contribution in [0.15, 0.2) is 48.7 Å². The van der Waals surface area contributed by atoms with Gasteiger partial charge in [-0.1, -0.05) is 30.3 Å². The number of aldehydes is 1. The predicted molar refractivity (Wildman–Crippen MR) is 107 cm³/mol. The molecule has 0 aliphatic heterocycles. The molecule has 8 nitrogen and oxygen atoms in total. The molecule has 1 aromatic carbocycles. The molecule has 2 unspecified atom stereocenters. The third kappa shape index (κ3) is 6.53. The van der Waals surface area contributed by atoms with E-state index in [0.29, 0.717) is 11.8 Å². The molecule has 8 heteroatoms. The lowest BCUT2D eigenvalue weighted by atomic mass is 10.1. The van der Waals surface area contributed by atoms with Crippen molar-refractivity contribution in [2.75, 3.05) is 7.05 Å². The third-order valence-corrected chi connectivity index (χ3v) is 4.35. The number of pyridine rings is 1. The summed E-state index contributed by atoms with van der Waals surface area (Å²) in [5, 5.41) is 7.84. The molecule has 1 aromatic heterocycles. The molecule has 2 atom stereocenters. The van der Waals surface area contributed by atoms with E-state index >= 15 is 0 Å². The van der Waals surface area contributed by atoms with E-state index in [2.05, 4.69) is 20.9 Å². The molecule has 0 fully saturated rings. The molecule has 0 spiro atoms. The number of hydrogen-bond donors (Lipinski definition) is 3. The normalized spacial score (nSPS) is 12.3. The van der Waals surface area contributed by atoms with Crippen molar-refractivity contribution in [1.82, 2.24) is 20.9 Å². The molecule has 0 aliphatic rings. The van der Waals surface area contributed by atoms with Gasteiger partial charge in [0.15, 0.2) is 0 Å². The van der Waals surface area contributed by atoms with Crippen LogP contribution in [0.2, 0.25) is 0 Å². The molecular weight excluding hydrogens is 372 g/mol. The quantitative estimate of drug-likeness (QED) is 0.554. The van der Waals surface area contributed by atoms with Crippen LogP contribution in [0.5, 0.6) is 0 Å². The first-order chi connectivity index (χ1) is 13.9. The summed E-state index contributed by atoms with van der Waals surface area (Å²) < 4.78 is 0. The molecule has 2 rings (SSSR count). The Balaban J connectivity index is 1.94. The maximum absolute atomic E-state index is 12.4. The number of carbonyl (C=O) groups excluding carboxylic acids is 4. The maximum atomic E-state index is 12.4. The van der Waals surface area contributed by atoms with Crippen LogP contribution in [0.1, 0.15) is 52.2 Å². The van der Waals surface area contributed by atoms with Crippen LogP contribution in [-0.4, -0.2) is 42.1 Å². The third-order valence-electron chi connectivity index (χ3n) is 4.35. The topological polar surface area (TPSA) is 117 Å². The highest BCUT2D eigenvalue weighted by atomic mass is 16.2. The predicted octanol–water partition coefficient (Wildman–Crippen LogP) is 1.40. The Morgan fingerprint density at radius 1 is 1.03 bits per heavy atom. The molecular formula is C21H24N4O4. The molecule has 0 bridgehead atoms. The fourth-order valence-corrected chi connectivity index (χ4v) is 2.60. The zero-order valence-corrected chi connectivity index (χ0v) is 16.3. The second kappa shape index (κ2) is 10.7. The first kappa shape index (κ1) is 21.7. The van der Waals surface area contributed by atoms with Crippen molar-refractivity contribution < 1.29 is 19.2 Å². The number of nitrogens with one attached hydrogen (secondary N) is 3. The SMILES string of the molecule is CNC(=O)CCC(C=O)NC(=O)c1ccc(C(=O)NC(C)c2ccccc2)cn1. The summed E-state index contributed by atoms with van der Waals surface area (Å²) >= 11 is 0. The Bertz CT molecular complexity index is 853. The number of aromatic nitrogens is 1. The Morgan fingerprint density at radius 3 is 2.34 bits per heavy atom. The summed E-state index contributed by atoms with van der Waals surface area (Å²) in [6, 6.07) is 11.5. The monoisotopic (exact) mass is 396 g/mol. The minimum absolute atomic E-state index is 0.0736. The van der Waals surface area contributed by atoms with Crippen molar-refractivity contribution in [3.63, 3.8) is 0 Å². The van der Waals surface area contributed by atoms with E-state index in [0.717, 1.165) is 5.56 Å². The van der Waals surface area contributed by atoms with Gasteiger partial charge in [0.1, 0.15) is 12.0 Å². The number of benzene rings is 1. The van der Waals surface area contributed by atoms with E-state index in [1.54, 1.807) is 0 Å². The van der Waals surface area contributed by atoms with E-state index in [1.807, 2.05) is 37.3 Å². The number of hydrogen-bond acceptors (Lipinski definition) is 5. The number of rotatable bonds is 9. The van der Waals surface area contributed by atoms with Gasteiger partial charge in [0, 0.05) is 19.7 Å². The van der Waals surface area contributed by atoms with Crippen molar-refractivity contribution >= 4 is 24.0 Å². The highest BCUT2D eigenvalue weighted by Crippen LogP contribution is 2.12. The van der Waals surface area contributed by atoms with Gasteiger partial charge in [0.25, 0.3) is 11.8 Å². The van der Waals surface area contributed by atoms with E-state index in [-0.39, 0.29) is 36.4 Å². The van der Waals surface area contributed by atoms with Crippen molar-refractivity contribution in [3.8, 4) is 0 Å². The fourth-order valence-electron chi connectivity index (χ4n) is 2.60. The lowest BCUT2D eigenvalue weighted by molar-refractivity contribution is -0.120. The van der Waals surface area contributed by atoms with Crippen LogP contribution in [0.4, 0.5) is 0 Å². The van der Waals surface area contributed by atoms with Gasteiger partial charge in [-0.05, 0) is 31.0 Å². The molecule has 1 heterocycles. The Labute approximate surface area is 169 Å². The summed E-state index contributed by atoms with van der Waals surface area (Å²) in [7, 11) is 1.50. The van der Waals surface area contributed by atoms with Gasteiger partial charge in [-0.25, -0.2) is 0 Å². The van der Waals surface area contributed by atoms with Gasteiger partial charge in [0.2, 0.25) is 5.91 Å². The summed E-state index contributed by atoms with van der Waals surface area (Å²) in [6.45, 7) is 1.88. The summed E-state index contributed by atoms with van der Waals surface area (Å²) in [4.78, 5) is 51.0. The largest absolute Gasteiger partial charge is 0.359 e. The van der Waals surface area contributed by atoms with Gasteiger partial charge in [-0.15, -0.1) is 0 Å². The number of nitrogens with zero attached hydrogens (tertiary/aromatic N) is 1. The molecule has 3 N–H and O–H groups in total. The Hall–Kier alpha value is -3.55. The second-order valence-electron chi connectivity index (χ2n) is 6.47. The van der Waals surface area contributed by atoms with E-state index < -0.39 is 11.9 Å². The second-order valence-corrected chi connectivity index (χ2v) is 6.47. The molecule has 152 valence electrons. The molecule has 29 heavy (non-hydrogen) atoms. The lowest BCUT2D eigenvalue weighted by Crippen LogP contribution is -2.37. The first-order valence-corrected chi connectivity index (χ1v) is 9.23. The number of amides is 3. The molecule has 0 aliphatic carbocycles. The average Bonchev–Trinajstić information content (AvgIpc) is 2.76. The van der Waals surface area contributed by atoms with Crippen molar-refractivity contribution in [3.05, 3.63) is 65.5 Å². The summed E-state index contributed by atoms with van der Waals surface area (Å²) in [6.07, 6.45) is 2.19. The highest BCUT2D eigenvalue weighted by Gasteiger charge is 2.17. The standard InChI is InChI=1S/C21H24N4O4/c1-14(15-6-4-3-5-7-15)24-20(28)16-8-10-18(23-12-16)21(29)25-17(13-26)9-11-19(27)22-2/h3-8,10,12-14,17H,9,11H2,1-2H3,(H,22,27)(H,24,28)(H,25,29). The zero-order chi connectivity index (χ0) is 21.2. The molecule has 0 saturated heterocycles. The van der Waals surface area contributed by atoms with Crippen LogP contribution in [0, 0.1) is 0 Å². The average molecular weight is 396 g/mol. The van der Waals surface area contributed by atoms with Crippen LogP contribution in [0.25, 0.3) is 0 Å². The van der Waals surface area contributed by atoms with Crippen LogP contribution in [-0.2, 0) is 9.59 Å². The van der Waals surface area contributed by atoms with Crippen LogP contribution in [0.3, 0.4) is 0 Å². The van der Waals surface area contributed by atoms with E-state index in [4.69, 9.17) is 0 Å². The lowest BCUT2D eigenvalue weighted by Gasteiger charge is -2.14. The van der Waals surface area contributed by atoms with Crippen molar-refractivity contribution in [2.24, 2.45) is 0 Å². The molecule has 0 saturated carbocycles. The van der Waals surface area contributed by atoms with Gasteiger partial charge in [-0.3, -0.25) is 19.4 Å². The van der Waals surface area contributed by atoms with Gasteiger partial charge >= 0.3 is 0 Å². The smallest absolute Gasteiger partial charge is 0.270 e. The molecule has 2 aromatic rings. The first-order valence-electron chi connectivity index (χ1n) is 9.23. The number of carbonyl (C=O) groups is 4. The van der Waals surface area contributed by atoms with Crippen LogP contribution >= 0.6 is 0 Å². The summed E-state index contributed by atoms with van der Waals surface area (Å²) in [5.74, 6) is -1.08. The fraction of sp³-hybridized carbons (Fsp3) is 0.286. The minimum Gasteiger partial charge on any atom is -0.359 e. The minimum atomic E-state index is -0.795. The van der Waals surface area contributed by atoms with Crippen LogP contribution < -0.4 is 16.0 Å². The highest BCUT2D eigenvalue weighted by molar-refractivity contribution is 5.97. The van der Waals surface area contributed by atoms with Gasteiger partial charge in [0.05, 0.1) is 17.6 Å². The zero-order valence-electron chi connectivity index (χ0n) is 16.3. The van der Waals surface area contributed by atoms with Gasteiger partial charge in [-0.2, -0.15) is 0 Å². The molecule has 0 radical (unpaired) electrons.